The highest BCUT2D eigenvalue weighted by molar-refractivity contribution is 7.09. The van der Waals surface area contributed by atoms with Crippen LogP contribution in [-0.4, -0.2) is 11.6 Å². The van der Waals surface area contributed by atoms with Crippen molar-refractivity contribution in [2.24, 2.45) is 5.73 Å². The van der Waals surface area contributed by atoms with E-state index in [9.17, 15) is 0 Å². The molecule has 0 aromatic carbocycles. The standard InChI is InChI=1S/C13H22N2OS/c1-4-16-12(2,3)11-15-10(9-17-11)13(14)7-5-6-8-13/h9H,4-8,14H2,1-3H3. The molecule has 1 aromatic rings. The molecular weight excluding hydrogens is 232 g/mol. The molecule has 0 aliphatic heterocycles. The second kappa shape index (κ2) is 4.67. The minimum Gasteiger partial charge on any atom is -0.369 e. The fourth-order valence-corrected chi connectivity index (χ4v) is 3.47. The summed E-state index contributed by atoms with van der Waals surface area (Å²) in [5, 5.41) is 3.15. The zero-order chi connectivity index (χ0) is 12.5. The highest BCUT2D eigenvalue weighted by atomic mass is 32.1. The number of hydrogen-bond acceptors (Lipinski definition) is 4. The molecular formula is C13H22N2OS. The lowest BCUT2D eigenvalue weighted by atomic mass is 9.96. The predicted octanol–water partition coefficient (Wildman–Crippen LogP) is 3.14. The van der Waals surface area contributed by atoms with E-state index in [4.69, 9.17) is 15.5 Å². The van der Waals surface area contributed by atoms with Crippen molar-refractivity contribution in [3.8, 4) is 0 Å². The first kappa shape index (κ1) is 13.0. The lowest BCUT2D eigenvalue weighted by molar-refractivity contribution is -0.0143. The van der Waals surface area contributed by atoms with Gasteiger partial charge in [-0.25, -0.2) is 4.98 Å². The zero-order valence-electron chi connectivity index (χ0n) is 11.0. The van der Waals surface area contributed by atoms with E-state index >= 15 is 0 Å². The summed E-state index contributed by atoms with van der Waals surface area (Å²) in [6.07, 6.45) is 4.56. The molecule has 0 amide bonds. The van der Waals surface area contributed by atoms with E-state index in [1.54, 1.807) is 11.3 Å². The van der Waals surface area contributed by atoms with Gasteiger partial charge in [0.05, 0.1) is 11.2 Å². The van der Waals surface area contributed by atoms with Crippen LogP contribution < -0.4 is 5.73 Å². The van der Waals surface area contributed by atoms with Gasteiger partial charge in [-0.3, -0.25) is 0 Å². The van der Waals surface area contributed by atoms with Gasteiger partial charge in [0.1, 0.15) is 10.6 Å². The van der Waals surface area contributed by atoms with Crippen molar-refractivity contribution < 1.29 is 4.74 Å². The van der Waals surface area contributed by atoms with E-state index in [1.807, 2.05) is 6.92 Å². The molecule has 1 aliphatic carbocycles. The molecule has 2 N–H and O–H groups in total. The number of thiazole rings is 1. The summed E-state index contributed by atoms with van der Waals surface area (Å²) in [5.74, 6) is 0. The first-order chi connectivity index (χ1) is 7.98. The van der Waals surface area contributed by atoms with E-state index in [1.165, 1.54) is 12.8 Å². The highest BCUT2D eigenvalue weighted by Gasteiger charge is 2.35. The van der Waals surface area contributed by atoms with E-state index < -0.39 is 0 Å². The van der Waals surface area contributed by atoms with E-state index in [0.717, 1.165) is 23.5 Å². The SMILES string of the molecule is CCOC(C)(C)c1nc(C2(N)CCCC2)cs1. The fourth-order valence-electron chi connectivity index (χ4n) is 2.46. The normalized spacial score (nSPS) is 19.8. The molecule has 17 heavy (non-hydrogen) atoms. The van der Waals surface area contributed by atoms with Crippen LogP contribution in [0, 0.1) is 0 Å². The molecule has 0 radical (unpaired) electrons. The van der Waals surface area contributed by atoms with Gasteiger partial charge in [0, 0.05) is 12.0 Å². The smallest absolute Gasteiger partial charge is 0.124 e. The van der Waals surface area contributed by atoms with Gasteiger partial charge < -0.3 is 10.5 Å². The Bertz CT molecular complexity index is 381. The molecule has 0 saturated heterocycles. The molecule has 3 nitrogen and oxygen atoms in total. The average molecular weight is 254 g/mol. The van der Waals surface area contributed by atoms with E-state index in [0.29, 0.717) is 6.61 Å². The van der Waals surface area contributed by atoms with Crippen molar-refractivity contribution in [1.29, 1.82) is 0 Å². The van der Waals surface area contributed by atoms with Crippen molar-refractivity contribution in [2.45, 2.75) is 57.6 Å². The van der Waals surface area contributed by atoms with Crippen molar-refractivity contribution in [3.05, 3.63) is 16.1 Å². The molecule has 0 atom stereocenters. The first-order valence-electron chi connectivity index (χ1n) is 6.37. The molecule has 1 aliphatic rings. The quantitative estimate of drug-likeness (QED) is 0.898. The van der Waals surface area contributed by atoms with Gasteiger partial charge in [-0.1, -0.05) is 12.8 Å². The lowest BCUT2D eigenvalue weighted by Gasteiger charge is -2.23. The van der Waals surface area contributed by atoms with Crippen LogP contribution in [0.4, 0.5) is 0 Å². The second-order valence-electron chi connectivity index (χ2n) is 5.34. The molecule has 1 heterocycles. The Morgan fingerprint density at radius 3 is 2.71 bits per heavy atom. The second-order valence-corrected chi connectivity index (χ2v) is 6.20. The van der Waals surface area contributed by atoms with Crippen LogP contribution in [0.2, 0.25) is 0 Å². The van der Waals surface area contributed by atoms with Crippen LogP contribution in [0.15, 0.2) is 5.38 Å². The summed E-state index contributed by atoms with van der Waals surface area (Å²) < 4.78 is 5.73. The van der Waals surface area contributed by atoms with Crippen LogP contribution in [0.3, 0.4) is 0 Å². The van der Waals surface area contributed by atoms with Crippen LogP contribution in [0.25, 0.3) is 0 Å². The Kier molecular flexibility index (Phi) is 3.57. The number of nitrogens with two attached hydrogens (primary N) is 1. The summed E-state index contributed by atoms with van der Waals surface area (Å²) in [6, 6.07) is 0. The number of nitrogens with zero attached hydrogens (tertiary/aromatic N) is 1. The van der Waals surface area contributed by atoms with Crippen molar-refractivity contribution in [1.82, 2.24) is 4.98 Å². The van der Waals surface area contributed by atoms with Gasteiger partial charge in [-0.15, -0.1) is 11.3 Å². The highest BCUT2D eigenvalue weighted by Crippen LogP contribution is 2.38. The largest absolute Gasteiger partial charge is 0.369 e. The van der Waals surface area contributed by atoms with Crippen LogP contribution >= 0.6 is 11.3 Å². The minimum absolute atomic E-state index is 0.183. The predicted molar refractivity (Wildman–Crippen MR) is 71.1 cm³/mol. The Morgan fingerprint density at radius 1 is 1.47 bits per heavy atom. The summed E-state index contributed by atoms with van der Waals surface area (Å²) >= 11 is 1.67. The average Bonchev–Trinajstić information content (AvgIpc) is 2.86. The molecule has 1 saturated carbocycles. The molecule has 0 unspecified atom stereocenters. The number of ether oxygens (including phenoxy) is 1. The molecule has 2 rings (SSSR count). The summed E-state index contributed by atoms with van der Waals surface area (Å²) in [6.45, 7) is 6.85. The van der Waals surface area contributed by atoms with E-state index in [-0.39, 0.29) is 11.1 Å². The summed E-state index contributed by atoms with van der Waals surface area (Å²) in [7, 11) is 0. The lowest BCUT2D eigenvalue weighted by Crippen LogP contribution is -2.34. The maximum Gasteiger partial charge on any atom is 0.124 e. The van der Waals surface area contributed by atoms with Crippen molar-refractivity contribution in [3.63, 3.8) is 0 Å². The van der Waals surface area contributed by atoms with Crippen LogP contribution in [0.5, 0.6) is 0 Å². The molecule has 0 spiro atoms. The third kappa shape index (κ3) is 2.54. The molecule has 1 fully saturated rings. The number of aromatic nitrogens is 1. The Morgan fingerprint density at radius 2 is 2.12 bits per heavy atom. The first-order valence-corrected chi connectivity index (χ1v) is 7.25. The maximum absolute atomic E-state index is 6.41. The van der Waals surface area contributed by atoms with Crippen LogP contribution in [0.1, 0.15) is 57.2 Å². The third-order valence-corrected chi connectivity index (χ3v) is 4.68. The fraction of sp³-hybridized carbons (Fsp3) is 0.769. The Hall–Kier alpha value is -0.450. The van der Waals surface area contributed by atoms with Crippen molar-refractivity contribution >= 4 is 11.3 Å². The molecule has 96 valence electrons. The maximum atomic E-state index is 6.41. The van der Waals surface area contributed by atoms with Crippen molar-refractivity contribution in [2.75, 3.05) is 6.61 Å². The van der Waals surface area contributed by atoms with Gasteiger partial charge in [-0.2, -0.15) is 0 Å². The zero-order valence-corrected chi connectivity index (χ0v) is 11.8. The Labute approximate surface area is 107 Å². The Balaban J connectivity index is 2.21. The van der Waals surface area contributed by atoms with E-state index in [2.05, 4.69) is 19.2 Å². The molecule has 1 aromatic heterocycles. The van der Waals surface area contributed by atoms with Crippen LogP contribution in [-0.2, 0) is 15.9 Å². The summed E-state index contributed by atoms with van der Waals surface area (Å²) in [4.78, 5) is 4.72. The van der Waals surface area contributed by atoms with Gasteiger partial charge in [0.25, 0.3) is 0 Å². The molecule has 4 heteroatoms. The third-order valence-electron chi connectivity index (χ3n) is 3.53. The summed E-state index contributed by atoms with van der Waals surface area (Å²) in [5.41, 5.74) is 6.99. The van der Waals surface area contributed by atoms with Gasteiger partial charge in [0.2, 0.25) is 0 Å². The topological polar surface area (TPSA) is 48.1 Å². The monoisotopic (exact) mass is 254 g/mol. The van der Waals surface area contributed by atoms with Gasteiger partial charge >= 0.3 is 0 Å². The molecule has 0 bridgehead atoms. The minimum atomic E-state index is -0.299. The number of rotatable bonds is 4. The number of hydrogen-bond donors (Lipinski definition) is 1. The van der Waals surface area contributed by atoms with Gasteiger partial charge in [-0.05, 0) is 33.6 Å². The van der Waals surface area contributed by atoms with Gasteiger partial charge in [0.15, 0.2) is 0 Å².